The zero-order chi connectivity index (χ0) is 23.2. The van der Waals surface area contributed by atoms with Crippen LogP contribution in [0.4, 0.5) is 5.82 Å². The first kappa shape index (κ1) is 24.4. The first-order valence-corrected chi connectivity index (χ1v) is 12.6. The summed E-state index contributed by atoms with van der Waals surface area (Å²) in [6.07, 6.45) is -3.43. The van der Waals surface area contributed by atoms with Gasteiger partial charge in [0.15, 0.2) is 17.7 Å². The fraction of sp³-hybridized carbons (Fsp3) is 0.500. The highest BCUT2D eigenvalue weighted by atomic mass is 31.3. The molecule has 1 aliphatic rings. The second-order valence-electron chi connectivity index (χ2n) is 6.09. The van der Waals surface area contributed by atoms with Crippen LogP contribution >= 0.6 is 23.1 Å². The van der Waals surface area contributed by atoms with Gasteiger partial charge >= 0.3 is 15.6 Å². The Hall–Kier alpha value is -1.26. The van der Waals surface area contributed by atoms with Crippen molar-refractivity contribution in [1.82, 2.24) is 19.5 Å². The van der Waals surface area contributed by atoms with Gasteiger partial charge < -0.3 is 39.9 Å². The van der Waals surface area contributed by atoms with E-state index < -0.39 is 54.3 Å². The van der Waals surface area contributed by atoms with Crippen molar-refractivity contribution in [3.05, 3.63) is 12.7 Å². The summed E-state index contributed by atoms with van der Waals surface area (Å²) in [6, 6.07) is 0. The molecule has 0 saturated carbocycles. The third-order valence-electron chi connectivity index (χ3n) is 3.84. The quantitative estimate of drug-likeness (QED) is 0.178. The highest BCUT2D eigenvalue weighted by Crippen LogP contribution is 2.66. The molecule has 1 aliphatic heterocycles. The maximum absolute atomic E-state index is 12.0. The van der Waals surface area contributed by atoms with Crippen LogP contribution in [0.2, 0.25) is 0 Å². The lowest BCUT2D eigenvalue weighted by Gasteiger charge is -2.21. The predicted molar refractivity (Wildman–Crippen MR) is 99.0 cm³/mol. The van der Waals surface area contributed by atoms with Crippen LogP contribution < -0.4 is 5.73 Å². The average Bonchev–Trinajstić information content (AvgIpc) is 3.13. The number of anilines is 1. The minimum absolute atomic E-state index is 0.0591. The van der Waals surface area contributed by atoms with Crippen molar-refractivity contribution in [3.63, 3.8) is 0 Å². The Morgan fingerprint density at radius 1 is 1.13 bits per heavy atom. The highest BCUT2D eigenvalue weighted by Gasteiger charge is 2.46. The Morgan fingerprint density at radius 2 is 1.81 bits per heavy atom. The summed E-state index contributed by atoms with van der Waals surface area (Å²) in [5.74, 6) is 0.0591. The second kappa shape index (κ2) is 8.59. The molecule has 0 aromatic carbocycles. The molecule has 0 bridgehead atoms. The van der Waals surface area contributed by atoms with E-state index in [0.29, 0.717) is 0 Å². The highest BCUT2D eigenvalue weighted by molar-refractivity contribution is 7.84. The fourth-order valence-electron chi connectivity index (χ4n) is 2.65. The van der Waals surface area contributed by atoms with Crippen molar-refractivity contribution >= 4 is 47.7 Å². The Morgan fingerprint density at radius 3 is 2.45 bits per heavy atom. The van der Waals surface area contributed by atoms with Gasteiger partial charge in [-0.15, -0.1) is 0 Å². The summed E-state index contributed by atoms with van der Waals surface area (Å²) in [5.41, 5.74) is 6.06. The molecular formula is C10H15BN5O12P3. The van der Waals surface area contributed by atoms with Gasteiger partial charge in [0, 0.05) is 0 Å². The Balaban J connectivity index is 1.69. The molecule has 7 N–H and O–H groups in total. The number of aliphatic hydroxyl groups is 2. The van der Waals surface area contributed by atoms with E-state index in [1.807, 2.05) is 0 Å². The van der Waals surface area contributed by atoms with Crippen LogP contribution in [-0.2, 0) is 31.6 Å². The van der Waals surface area contributed by atoms with Gasteiger partial charge in [0.1, 0.15) is 30.2 Å². The molecule has 17 nitrogen and oxygen atoms in total. The molecule has 2 radical (unpaired) electrons. The molecule has 31 heavy (non-hydrogen) atoms. The lowest BCUT2D eigenvalue weighted by atomic mass is 10.1. The number of ether oxygens (including phenoxy) is 1. The van der Waals surface area contributed by atoms with E-state index in [9.17, 15) is 28.8 Å². The third-order valence-corrected chi connectivity index (χ3v) is 7.76. The molecule has 2 aromatic heterocycles. The van der Waals surface area contributed by atoms with Crippen LogP contribution in [0.15, 0.2) is 12.7 Å². The molecule has 2 aromatic rings. The minimum atomic E-state index is -5.58. The number of hydrogen-bond donors (Lipinski definition) is 6. The van der Waals surface area contributed by atoms with Gasteiger partial charge in [-0.05, 0) is 0 Å². The van der Waals surface area contributed by atoms with Gasteiger partial charge in [-0.3, -0.25) is 9.13 Å². The second-order valence-corrected chi connectivity index (χ2v) is 10.6. The van der Waals surface area contributed by atoms with E-state index in [-0.39, 0.29) is 17.0 Å². The van der Waals surface area contributed by atoms with Crippen LogP contribution in [0.25, 0.3) is 11.2 Å². The zero-order valence-electron chi connectivity index (χ0n) is 15.1. The van der Waals surface area contributed by atoms with Gasteiger partial charge in [0.05, 0.1) is 12.9 Å². The lowest BCUT2D eigenvalue weighted by Crippen LogP contribution is -2.33. The van der Waals surface area contributed by atoms with Crippen molar-refractivity contribution < 1.29 is 56.5 Å². The number of fused-ring (bicyclic) bond motifs is 1. The number of nitrogen functional groups attached to an aromatic ring is 1. The molecule has 0 amide bonds. The van der Waals surface area contributed by atoms with E-state index in [0.717, 1.165) is 6.33 Å². The van der Waals surface area contributed by atoms with E-state index in [1.165, 1.54) is 10.9 Å². The van der Waals surface area contributed by atoms with Crippen molar-refractivity contribution in [2.75, 3.05) is 12.3 Å². The van der Waals surface area contributed by atoms with Gasteiger partial charge in [-0.25, -0.2) is 28.4 Å². The van der Waals surface area contributed by atoms with Crippen LogP contribution in [0.1, 0.15) is 6.23 Å². The number of nitrogens with two attached hydrogens (primary N) is 1. The number of imidazole rings is 1. The summed E-state index contributed by atoms with van der Waals surface area (Å²) in [6.45, 7) is -0.831. The summed E-state index contributed by atoms with van der Waals surface area (Å²) in [7, 11) is -10.9. The number of phosphoric acid groups is 2. The Kier molecular flexibility index (Phi) is 6.76. The van der Waals surface area contributed by atoms with Crippen LogP contribution in [0.3, 0.4) is 0 Å². The summed E-state index contributed by atoms with van der Waals surface area (Å²) < 4.78 is 52.8. The molecule has 0 spiro atoms. The molecule has 1 saturated heterocycles. The van der Waals surface area contributed by atoms with Crippen LogP contribution in [0.5, 0.6) is 0 Å². The first-order valence-electron chi connectivity index (χ1n) is 7.98. The summed E-state index contributed by atoms with van der Waals surface area (Å²) >= 11 is 0. The van der Waals surface area contributed by atoms with E-state index in [4.69, 9.17) is 27.8 Å². The molecule has 6 unspecified atom stereocenters. The SMILES string of the molecule is [B]P(=O)(OCC1OC(n2cnc3c(N)ncnc32)C(O)C1O)OP(=O)(O)OP(=O)(O)O. The maximum atomic E-state index is 12.0. The maximum Gasteiger partial charge on any atom is 0.487 e. The van der Waals surface area contributed by atoms with E-state index in [1.54, 1.807) is 0 Å². The van der Waals surface area contributed by atoms with Gasteiger partial charge in [-0.1, -0.05) is 0 Å². The van der Waals surface area contributed by atoms with E-state index >= 15 is 0 Å². The van der Waals surface area contributed by atoms with Crippen molar-refractivity contribution in [2.24, 2.45) is 0 Å². The molecule has 3 heterocycles. The smallest absolute Gasteiger partial charge is 0.387 e. The van der Waals surface area contributed by atoms with Gasteiger partial charge in [0.25, 0.3) is 7.47 Å². The van der Waals surface area contributed by atoms with Crippen molar-refractivity contribution in [3.8, 4) is 0 Å². The van der Waals surface area contributed by atoms with Crippen molar-refractivity contribution in [2.45, 2.75) is 24.5 Å². The standard InChI is InChI=1S/C10H15BN5O12P3/c11-29(19,27-31(23,24)28-30(20,21)22)25-1-4-6(17)7(18)10(26-4)16-3-15-5-8(12)13-2-14-9(5)16/h2-4,6-7,10,17-18H,1H2,(H,23,24)(H2,12,13,14)(H2,20,21,22). The van der Waals surface area contributed by atoms with Crippen LogP contribution in [-0.4, -0.2) is 76.9 Å². The summed E-state index contributed by atoms with van der Waals surface area (Å²) in [5, 5.41) is 20.5. The molecular weight excluding hydrogens is 486 g/mol. The largest absolute Gasteiger partial charge is 0.487 e. The number of hydrogen-bond acceptors (Lipinski definition) is 13. The minimum Gasteiger partial charge on any atom is -0.387 e. The summed E-state index contributed by atoms with van der Waals surface area (Å²) in [4.78, 5) is 38.0. The van der Waals surface area contributed by atoms with Crippen molar-refractivity contribution in [1.29, 1.82) is 0 Å². The topological polar surface area (TPSA) is 259 Å². The molecule has 3 rings (SSSR count). The molecule has 0 aliphatic carbocycles. The van der Waals surface area contributed by atoms with Crippen LogP contribution in [0, 0.1) is 0 Å². The third kappa shape index (κ3) is 5.76. The predicted octanol–water partition coefficient (Wildman–Crippen LogP) is -1.45. The number of rotatable bonds is 8. The molecule has 6 atom stereocenters. The number of aromatic nitrogens is 4. The molecule has 21 heteroatoms. The first-order chi connectivity index (χ1) is 14.2. The Bertz CT molecular complexity index is 1110. The van der Waals surface area contributed by atoms with E-state index in [2.05, 4.69) is 28.1 Å². The Labute approximate surface area is 173 Å². The molecule has 170 valence electrons. The monoisotopic (exact) mass is 501 g/mol. The molecule has 1 fully saturated rings. The normalized spacial score (nSPS) is 28.4. The fourth-order valence-corrected chi connectivity index (χ4v) is 5.80. The number of nitrogens with zero attached hydrogens (tertiary/aromatic N) is 4. The average molecular weight is 501 g/mol. The van der Waals surface area contributed by atoms with Gasteiger partial charge in [-0.2, -0.15) is 4.31 Å². The van der Waals surface area contributed by atoms with Gasteiger partial charge in [0.2, 0.25) is 7.57 Å². The lowest BCUT2D eigenvalue weighted by molar-refractivity contribution is -0.0479. The number of aliphatic hydroxyl groups excluding tert-OH is 2. The zero-order valence-corrected chi connectivity index (χ0v) is 17.7.